The highest BCUT2D eigenvalue weighted by Crippen LogP contribution is 2.34. The van der Waals surface area contributed by atoms with E-state index >= 15 is 0 Å². The monoisotopic (exact) mass is 170 g/mol. The second-order valence-corrected chi connectivity index (χ2v) is 2.54. The molecule has 1 aliphatic rings. The first kappa shape index (κ1) is 7.58. The smallest absolute Gasteiger partial charge is 0.231 e. The quantitative estimate of drug-likeness (QED) is 0.547. The molecule has 0 atom stereocenters. The van der Waals surface area contributed by atoms with E-state index in [-0.39, 0.29) is 6.79 Å². The molecule has 1 aliphatic heterocycles. The minimum Gasteiger partial charge on any atom is -0.454 e. The van der Waals surface area contributed by atoms with Gasteiger partial charge >= 0.3 is 0 Å². The fourth-order valence-corrected chi connectivity index (χ4v) is 1.18. The van der Waals surface area contributed by atoms with Crippen molar-refractivity contribution in [1.82, 2.24) is 0 Å². The molecule has 1 aromatic carbocycles. The Kier molecular flexibility index (Phi) is 1.61. The molecule has 13 heavy (non-hydrogen) atoms. The lowest BCUT2D eigenvalue weighted by Crippen LogP contribution is -1.92. The highest BCUT2D eigenvalue weighted by molar-refractivity contribution is 5.58. The average Bonchev–Trinajstić information content (AvgIpc) is 2.62. The van der Waals surface area contributed by atoms with E-state index in [0.29, 0.717) is 22.6 Å². The van der Waals surface area contributed by atoms with E-state index in [2.05, 4.69) is 11.8 Å². The lowest BCUT2D eigenvalue weighted by Gasteiger charge is -1.99. The Morgan fingerprint density at radius 3 is 1.85 bits per heavy atom. The number of hydrogen-bond acceptors (Lipinski definition) is 2. The third-order valence-electron chi connectivity index (χ3n) is 1.82. The molecule has 0 saturated heterocycles. The second-order valence-electron chi connectivity index (χ2n) is 2.54. The number of fused-ring (bicyclic) bond motifs is 1. The molecule has 0 saturated carbocycles. The fraction of sp³-hybridized carbons (Fsp3) is 0.0909. The lowest BCUT2D eigenvalue weighted by molar-refractivity contribution is 0.174. The maximum absolute atomic E-state index is 5.28. The molecule has 62 valence electrons. The van der Waals surface area contributed by atoms with Crippen LogP contribution in [-0.2, 0) is 0 Å². The van der Waals surface area contributed by atoms with Crippen molar-refractivity contribution in [3.63, 3.8) is 0 Å². The minimum atomic E-state index is 0.230. The van der Waals surface area contributed by atoms with Crippen molar-refractivity contribution in [3.8, 4) is 36.2 Å². The van der Waals surface area contributed by atoms with Gasteiger partial charge in [-0.2, -0.15) is 0 Å². The molecule has 2 nitrogen and oxygen atoms in total. The molecular formula is C11H6O2. The van der Waals surface area contributed by atoms with Crippen molar-refractivity contribution >= 4 is 0 Å². The summed E-state index contributed by atoms with van der Waals surface area (Å²) in [6, 6.07) is 3.44. The van der Waals surface area contributed by atoms with Crippen LogP contribution in [0.5, 0.6) is 11.5 Å². The number of benzene rings is 1. The summed E-state index contributed by atoms with van der Waals surface area (Å²) in [6.07, 6.45) is 10.6. The van der Waals surface area contributed by atoms with Gasteiger partial charge < -0.3 is 9.47 Å². The summed E-state index contributed by atoms with van der Waals surface area (Å²) >= 11 is 0. The molecule has 0 aliphatic carbocycles. The third-order valence-corrected chi connectivity index (χ3v) is 1.82. The zero-order valence-corrected chi connectivity index (χ0v) is 6.83. The van der Waals surface area contributed by atoms with Crippen molar-refractivity contribution in [2.45, 2.75) is 0 Å². The maximum atomic E-state index is 5.28. The molecule has 2 heteroatoms. The molecular weight excluding hydrogens is 164 g/mol. The van der Waals surface area contributed by atoms with Gasteiger partial charge in [-0.25, -0.2) is 0 Å². The Balaban J connectivity index is 2.63. The maximum Gasteiger partial charge on any atom is 0.231 e. The number of rotatable bonds is 0. The average molecular weight is 170 g/mol. The molecule has 0 unspecified atom stereocenters. The summed E-state index contributed by atoms with van der Waals surface area (Å²) in [5, 5.41) is 0. The van der Waals surface area contributed by atoms with E-state index in [4.69, 9.17) is 22.3 Å². The Morgan fingerprint density at radius 1 is 1.00 bits per heavy atom. The van der Waals surface area contributed by atoms with Crippen LogP contribution in [0.2, 0.25) is 0 Å². The second kappa shape index (κ2) is 2.77. The van der Waals surface area contributed by atoms with E-state index in [0.717, 1.165) is 0 Å². The van der Waals surface area contributed by atoms with Crippen molar-refractivity contribution in [3.05, 3.63) is 23.3 Å². The van der Waals surface area contributed by atoms with Crippen molar-refractivity contribution in [1.29, 1.82) is 0 Å². The number of ether oxygens (including phenoxy) is 2. The van der Waals surface area contributed by atoms with E-state index in [9.17, 15) is 0 Å². The van der Waals surface area contributed by atoms with Crippen molar-refractivity contribution < 1.29 is 9.47 Å². The van der Waals surface area contributed by atoms with Crippen LogP contribution in [0.1, 0.15) is 11.1 Å². The van der Waals surface area contributed by atoms with Crippen LogP contribution < -0.4 is 9.47 Å². The first-order valence-electron chi connectivity index (χ1n) is 3.72. The van der Waals surface area contributed by atoms with Gasteiger partial charge in [-0.3, -0.25) is 0 Å². The van der Waals surface area contributed by atoms with Gasteiger partial charge in [-0.05, 0) is 0 Å². The van der Waals surface area contributed by atoms with Gasteiger partial charge in [0, 0.05) is 23.3 Å². The van der Waals surface area contributed by atoms with E-state index in [1.807, 2.05) is 0 Å². The topological polar surface area (TPSA) is 18.5 Å². The first-order chi connectivity index (χ1) is 6.35. The van der Waals surface area contributed by atoms with Crippen LogP contribution in [-0.4, -0.2) is 6.79 Å². The van der Waals surface area contributed by atoms with Gasteiger partial charge in [0.05, 0.1) is 0 Å². The molecule has 0 bridgehead atoms. The Morgan fingerprint density at radius 2 is 1.46 bits per heavy atom. The standard InChI is InChI=1S/C11H6O2/c1-3-8-5-10-11(13-7-12-10)6-9(8)4-2/h1-2,5-6H,7H2. The Hall–Kier alpha value is -2.06. The Bertz CT molecular complexity index is 392. The summed E-state index contributed by atoms with van der Waals surface area (Å²) in [6.45, 7) is 0.230. The zero-order valence-electron chi connectivity index (χ0n) is 6.83. The molecule has 0 N–H and O–H groups in total. The van der Waals surface area contributed by atoms with Gasteiger partial charge in [0.1, 0.15) is 0 Å². The number of terminal acetylenes is 2. The summed E-state index contributed by atoms with van der Waals surface area (Å²) in [4.78, 5) is 0. The van der Waals surface area contributed by atoms with Crippen LogP contribution in [0, 0.1) is 24.7 Å². The molecule has 0 amide bonds. The molecule has 1 aromatic rings. The van der Waals surface area contributed by atoms with Gasteiger partial charge in [-0.1, -0.05) is 11.8 Å². The normalized spacial score (nSPS) is 11.8. The van der Waals surface area contributed by atoms with Gasteiger partial charge in [-0.15, -0.1) is 12.8 Å². The number of hydrogen-bond donors (Lipinski definition) is 0. The lowest BCUT2D eigenvalue weighted by atomic mass is 10.1. The molecule has 2 rings (SSSR count). The molecule has 0 fully saturated rings. The summed E-state index contributed by atoms with van der Waals surface area (Å²) in [7, 11) is 0. The van der Waals surface area contributed by atoms with Crippen molar-refractivity contribution in [2.75, 3.05) is 6.79 Å². The summed E-state index contributed by atoms with van der Waals surface area (Å²) in [5.41, 5.74) is 1.32. The summed E-state index contributed by atoms with van der Waals surface area (Å²) < 4.78 is 10.3. The minimum absolute atomic E-state index is 0.230. The third kappa shape index (κ3) is 1.09. The highest BCUT2D eigenvalue weighted by atomic mass is 16.7. The predicted molar refractivity (Wildman–Crippen MR) is 48.4 cm³/mol. The summed E-state index contributed by atoms with van der Waals surface area (Å²) in [5.74, 6) is 6.31. The van der Waals surface area contributed by atoms with Crippen molar-refractivity contribution in [2.24, 2.45) is 0 Å². The SMILES string of the molecule is C#Cc1cc2c(cc1C#C)OCO2. The van der Waals surface area contributed by atoms with Gasteiger partial charge in [0.25, 0.3) is 0 Å². The highest BCUT2D eigenvalue weighted by Gasteiger charge is 2.15. The molecule has 1 heterocycles. The van der Waals surface area contributed by atoms with Crippen LogP contribution in [0.25, 0.3) is 0 Å². The van der Waals surface area contributed by atoms with E-state index < -0.39 is 0 Å². The molecule has 0 radical (unpaired) electrons. The largest absolute Gasteiger partial charge is 0.454 e. The predicted octanol–water partition coefficient (Wildman–Crippen LogP) is 1.38. The molecule has 0 aromatic heterocycles. The van der Waals surface area contributed by atoms with Crippen LogP contribution in [0.4, 0.5) is 0 Å². The van der Waals surface area contributed by atoms with E-state index in [1.165, 1.54) is 0 Å². The molecule has 0 spiro atoms. The van der Waals surface area contributed by atoms with E-state index in [1.54, 1.807) is 12.1 Å². The zero-order chi connectivity index (χ0) is 9.26. The fourth-order valence-electron chi connectivity index (χ4n) is 1.18. The Labute approximate surface area is 76.5 Å². The van der Waals surface area contributed by atoms with Crippen LogP contribution in [0.15, 0.2) is 12.1 Å². The first-order valence-corrected chi connectivity index (χ1v) is 3.72. The van der Waals surface area contributed by atoms with Crippen LogP contribution >= 0.6 is 0 Å². The van der Waals surface area contributed by atoms with Crippen LogP contribution in [0.3, 0.4) is 0 Å². The van der Waals surface area contributed by atoms with Gasteiger partial charge in [0.2, 0.25) is 6.79 Å². The van der Waals surface area contributed by atoms with Gasteiger partial charge in [0.15, 0.2) is 11.5 Å².